The molecule has 1 heterocycles. The van der Waals surface area contributed by atoms with E-state index in [1.807, 2.05) is 12.1 Å². The lowest BCUT2D eigenvalue weighted by atomic mass is 10.2. The maximum Gasteiger partial charge on any atom is 0.312 e. The van der Waals surface area contributed by atoms with Crippen LogP contribution in [0.1, 0.15) is 5.56 Å². The van der Waals surface area contributed by atoms with Gasteiger partial charge in [0.25, 0.3) is 0 Å². The van der Waals surface area contributed by atoms with Crippen LogP contribution < -0.4 is 25.8 Å². The van der Waals surface area contributed by atoms with Gasteiger partial charge < -0.3 is 25.8 Å². The molecule has 19 heavy (non-hydrogen) atoms. The van der Waals surface area contributed by atoms with Gasteiger partial charge in [0.1, 0.15) is 13.2 Å². The lowest BCUT2D eigenvalue weighted by Gasteiger charge is -2.20. The number of urea groups is 1. The van der Waals surface area contributed by atoms with Crippen LogP contribution in [0.15, 0.2) is 12.1 Å². The van der Waals surface area contributed by atoms with Gasteiger partial charge in [-0.2, -0.15) is 0 Å². The van der Waals surface area contributed by atoms with Crippen LogP contribution in [0, 0.1) is 0 Å². The molecule has 0 saturated heterocycles. The van der Waals surface area contributed by atoms with Crippen LogP contribution in [-0.2, 0) is 6.54 Å². The predicted octanol–water partition coefficient (Wildman–Crippen LogP) is 0.869. The first-order valence-corrected chi connectivity index (χ1v) is 6.36. The third kappa shape index (κ3) is 3.90. The van der Waals surface area contributed by atoms with Crippen LogP contribution >= 0.6 is 11.6 Å². The van der Waals surface area contributed by atoms with Crippen molar-refractivity contribution in [2.75, 3.05) is 26.3 Å². The van der Waals surface area contributed by atoms with Crippen LogP contribution in [0.4, 0.5) is 4.79 Å². The zero-order valence-corrected chi connectivity index (χ0v) is 11.1. The van der Waals surface area contributed by atoms with E-state index in [9.17, 15) is 4.79 Å². The summed E-state index contributed by atoms with van der Waals surface area (Å²) in [7, 11) is 0. The Hall–Kier alpha value is -1.66. The third-order valence-electron chi connectivity index (χ3n) is 2.59. The van der Waals surface area contributed by atoms with Crippen LogP contribution in [0.3, 0.4) is 0 Å². The maximum absolute atomic E-state index is 10.5. The summed E-state index contributed by atoms with van der Waals surface area (Å²) in [5.74, 6) is 1.28. The first-order chi connectivity index (χ1) is 9.16. The molecule has 0 aliphatic carbocycles. The molecule has 1 aliphatic rings. The molecule has 0 bridgehead atoms. The summed E-state index contributed by atoms with van der Waals surface area (Å²) in [6.45, 7) is 2.77. The Bertz CT molecular complexity index is 468. The number of carbonyl (C=O) groups excluding carboxylic acids is 1. The standard InChI is InChI=1S/C12H16ClN3O3/c13-9-5-8(7-15-1-2-16-12(14)17)6-10-11(9)19-4-3-18-10/h5-6,15H,1-4,7H2,(H3,14,16,17). The molecular formula is C12H16ClN3O3. The molecule has 2 rings (SSSR count). The maximum atomic E-state index is 10.5. The number of amides is 2. The fraction of sp³-hybridized carbons (Fsp3) is 0.417. The molecule has 0 spiro atoms. The van der Waals surface area contributed by atoms with Crippen molar-refractivity contribution in [1.29, 1.82) is 0 Å². The first-order valence-electron chi connectivity index (χ1n) is 5.99. The number of rotatable bonds is 5. The van der Waals surface area contributed by atoms with Crippen molar-refractivity contribution >= 4 is 17.6 Å². The molecule has 0 unspecified atom stereocenters. The van der Waals surface area contributed by atoms with Gasteiger partial charge in [-0.3, -0.25) is 0 Å². The van der Waals surface area contributed by atoms with E-state index in [4.69, 9.17) is 26.8 Å². The highest BCUT2D eigenvalue weighted by atomic mass is 35.5. The molecule has 1 aliphatic heterocycles. The van der Waals surface area contributed by atoms with Gasteiger partial charge >= 0.3 is 6.03 Å². The molecule has 1 aromatic carbocycles. The number of benzene rings is 1. The first kappa shape index (κ1) is 13.8. The summed E-state index contributed by atoms with van der Waals surface area (Å²) in [6.07, 6.45) is 0. The number of ether oxygens (including phenoxy) is 2. The van der Waals surface area contributed by atoms with E-state index < -0.39 is 6.03 Å². The van der Waals surface area contributed by atoms with Crippen molar-refractivity contribution in [3.63, 3.8) is 0 Å². The Balaban J connectivity index is 1.87. The zero-order valence-electron chi connectivity index (χ0n) is 10.4. The van der Waals surface area contributed by atoms with Crippen molar-refractivity contribution in [1.82, 2.24) is 10.6 Å². The highest BCUT2D eigenvalue weighted by Crippen LogP contribution is 2.38. The van der Waals surface area contributed by atoms with Gasteiger partial charge in [-0.05, 0) is 17.7 Å². The Labute approximate surface area is 116 Å². The van der Waals surface area contributed by atoms with E-state index in [2.05, 4.69) is 10.6 Å². The second-order valence-corrected chi connectivity index (χ2v) is 4.48. The van der Waals surface area contributed by atoms with Crippen molar-refractivity contribution in [2.24, 2.45) is 5.73 Å². The van der Waals surface area contributed by atoms with Gasteiger partial charge in [-0.25, -0.2) is 4.79 Å². The number of halogens is 1. The molecule has 0 aromatic heterocycles. The van der Waals surface area contributed by atoms with Crippen molar-refractivity contribution in [2.45, 2.75) is 6.54 Å². The van der Waals surface area contributed by atoms with Crippen LogP contribution in [0.25, 0.3) is 0 Å². The van der Waals surface area contributed by atoms with E-state index in [-0.39, 0.29) is 0 Å². The lowest BCUT2D eigenvalue weighted by Crippen LogP contribution is -2.35. The minimum atomic E-state index is -0.524. The van der Waals surface area contributed by atoms with Gasteiger partial charge in [0.15, 0.2) is 11.5 Å². The van der Waals surface area contributed by atoms with Crippen LogP contribution in [0.5, 0.6) is 11.5 Å². The second kappa shape index (κ2) is 6.49. The topological polar surface area (TPSA) is 85.6 Å². The average Bonchev–Trinajstić information content (AvgIpc) is 2.38. The number of hydrogen-bond donors (Lipinski definition) is 3. The van der Waals surface area contributed by atoms with Crippen LogP contribution in [-0.4, -0.2) is 32.3 Å². The highest BCUT2D eigenvalue weighted by Gasteiger charge is 2.16. The van der Waals surface area contributed by atoms with E-state index in [0.717, 1.165) is 5.56 Å². The molecule has 0 saturated carbocycles. The number of fused-ring (bicyclic) bond motifs is 1. The summed E-state index contributed by atoms with van der Waals surface area (Å²) >= 11 is 6.12. The molecular weight excluding hydrogens is 270 g/mol. The molecule has 7 heteroatoms. The second-order valence-electron chi connectivity index (χ2n) is 4.07. The fourth-order valence-corrected chi connectivity index (χ4v) is 2.06. The molecule has 6 nitrogen and oxygen atoms in total. The Morgan fingerprint density at radius 2 is 2.11 bits per heavy atom. The van der Waals surface area contributed by atoms with Gasteiger partial charge in [-0.1, -0.05) is 11.6 Å². The summed E-state index contributed by atoms with van der Waals surface area (Å²) in [5, 5.41) is 6.21. The Morgan fingerprint density at radius 3 is 2.89 bits per heavy atom. The predicted molar refractivity (Wildman–Crippen MR) is 71.7 cm³/mol. The molecule has 4 N–H and O–H groups in total. The molecule has 0 radical (unpaired) electrons. The zero-order chi connectivity index (χ0) is 13.7. The normalized spacial score (nSPS) is 13.1. The number of nitrogens with two attached hydrogens (primary N) is 1. The highest BCUT2D eigenvalue weighted by molar-refractivity contribution is 6.32. The van der Waals surface area contributed by atoms with E-state index in [1.54, 1.807) is 0 Å². The number of nitrogens with one attached hydrogen (secondary N) is 2. The fourth-order valence-electron chi connectivity index (χ4n) is 1.77. The minimum Gasteiger partial charge on any atom is -0.486 e. The summed E-state index contributed by atoms with van der Waals surface area (Å²) < 4.78 is 10.9. The molecule has 0 atom stereocenters. The van der Waals surface area contributed by atoms with E-state index in [1.165, 1.54) is 0 Å². The number of carbonyl (C=O) groups is 1. The summed E-state index contributed by atoms with van der Waals surface area (Å²) in [5.41, 5.74) is 5.95. The molecule has 104 valence electrons. The average molecular weight is 286 g/mol. The summed E-state index contributed by atoms with van der Waals surface area (Å²) in [6, 6.07) is 3.21. The van der Waals surface area contributed by atoms with Gasteiger partial charge in [0, 0.05) is 19.6 Å². The monoisotopic (exact) mass is 285 g/mol. The van der Waals surface area contributed by atoms with Gasteiger partial charge in [-0.15, -0.1) is 0 Å². The van der Waals surface area contributed by atoms with Crippen molar-refractivity contribution < 1.29 is 14.3 Å². The van der Waals surface area contributed by atoms with Crippen molar-refractivity contribution in [3.8, 4) is 11.5 Å². The third-order valence-corrected chi connectivity index (χ3v) is 2.87. The van der Waals surface area contributed by atoms with Gasteiger partial charge in [0.2, 0.25) is 0 Å². The largest absolute Gasteiger partial charge is 0.486 e. The molecule has 0 fully saturated rings. The number of primary amides is 1. The van der Waals surface area contributed by atoms with Gasteiger partial charge in [0.05, 0.1) is 5.02 Å². The Kier molecular flexibility index (Phi) is 4.70. The quantitative estimate of drug-likeness (QED) is 0.701. The SMILES string of the molecule is NC(=O)NCCNCc1cc(Cl)c2c(c1)OCCO2. The minimum absolute atomic E-state index is 0.480. The van der Waals surface area contributed by atoms with E-state index >= 15 is 0 Å². The summed E-state index contributed by atoms with van der Waals surface area (Å²) in [4.78, 5) is 10.5. The smallest absolute Gasteiger partial charge is 0.312 e. The molecule has 2 amide bonds. The van der Waals surface area contributed by atoms with Crippen molar-refractivity contribution in [3.05, 3.63) is 22.7 Å². The molecule has 1 aromatic rings. The van der Waals surface area contributed by atoms with Crippen LogP contribution in [0.2, 0.25) is 5.02 Å². The lowest BCUT2D eigenvalue weighted by molar-refractivity contribution is 0.171. The Morgan fingerprint density at radius 1 is 1.32 bits per heavy atom. The number of hydrogen-bond acceptors (Lipinski definition) is 4. The van der Waals surface area contributed by atoms with E-state index in [0.29, 0.717) is 49.4 Å².